The lowest BCUT2D eigenvalue weighted by atomic mass is 10.1. The summed E-state index contributed by atoms with van der Waals surface area (Å²) in [5, 5.41) is 0. The van der Waals surface area contributed by atoms with E-state index in [-0.39, 0.29) is 0 Å². The van der Waals surface area contributed by atoms with E-state index in [1.807, 2.05) is 5.70 Å². The average Bonchev–Trinajstić information content (AvgIpc) is 2.41. The molecule has 0 aromatic heterocycles. The van der Waals surface area contributed by atoms with Crippen LogP contribution in [0.4, 0.5) is 0 Å². The minimum Gasteiger partial charge on any atom is -0.433 e. The lowest BCUT2D eigenvalue weighted by Crippen LogP contribution is -2.54. The molecule has 0 saturated heterocycles. The van der Waals surface area contributed by atoms with E-state index >= 15 is 0 Å². The second-order valence-electron chi connectivity index (χ2n) is 7.31. The Bertz CT molecular complexity index is 322. The third-order valence-corrected chi connectivity index (χ3v) is 14.6. The van der Waals surface area contributed by atoms with Gasteiger partial charge in [-0.25, -0.2) is 0 Å². The van der Waals surface area contributed by atoms with Gasteiger partial charge in [0, 0.05) is 7.11 Å². The van der Waals surface area contributed by atoms with Crippen LogP contribution in [0.15, 0.2) is 12.3 Å². The standard InChI is InChI=1S/C16H38O3Si3/c1-9-11-12-13-14-15-16-20(4,5)18-22(8,10-2)19-21(6,7)17-3/h10H,2,9,11-16H2,1,3-8H3. The van der Waals surface area contributed by atoms with Gasteiger partial charge in [0.25, 0.3) is 0 Å². The van der Waals surface area contributed by atoms with Crippen LogP contribution >= 0.6 is 0 Å². The fourth-order valence-corrected chi connectivity index (χ4v) is 13.9. The Balaban J connectivity index is 4.36. The van der Waals surface area contributed by atoms with Crippen molar-refractivity contribution >= 4 is 25.4 Å². The van der Waals surface area contributed by atoms with Crippen molar-refractivity contribution in [3.8, 4) is 0 Å². The summed E-state index contributed by atoms with van der Waals surface area (Å²) < 4.78 is 18.3. The van der Waals surface area contributed by atoms with Gasteiger partial charge in [-0.05, 0) is 38.8 Å². The van der Waals surface area contributed by atoms with E-state index in [4.69, 9.17) is 12.7 Å². The Morgan fingerprint density at radius 3 is 1.91 bits per heavy atom. The van der Waals surface area contributed by atoms with Crippen LogP contribution in [-0.4, -0.2) is 32.5 Å². The molecule has 0 aliphatic carbocycles. The molecule has 0 aromatic rings. The van der Waals surface area contributed by atoms with Crippen molar-refractivity contribution < 1.29 is 12.7 Å². The minimum absolute atomic E-state index is 1.20. The first-order valence-corrected chi connectivity index (χ1v) is 17.0. The van der Waals surface area contributed by atoms with Crippen molar-refractivity contribution in [3.05, 3.63) is 12.3 Å². The van der Waals surface area contributed by atoms with Gasteiger partial charge in [0.1, 0.15) is 0 Å². The molecular weight excluding hydrogens is 324 g/mol. The maximum atomic E-state index is 6.53. The van der Waals surface area contributed by atoms with Gasteiger partial charge in [0.2, 0.25) is 0 Å². The summed E-state index contributed by atoms with van der Waals surface area (Å²) >= 11 is 0. The largest absolute Gasteiger partial charge is 0.433 e. The topological polar surface area (TPSA) is 27.7 Å². The molecule has 0 bridgehead atoms. The molecule has 0 aliphatic heterocycles. The third-order valence-electron chi connectivity index (χ3n) is 3.92. The molecule has 0 radical (unpaired) electrons. The van der Waals surface area contributed by atoms with Crippen molar-refractivity contribution in [2.45, 2.75) is 84.2 Å². The van der Waals surface area contributed by atoms with E-state index in [9.17, 15) is 0 Å². The number of rotatable bonds is 13. The van der Waals surface area contributed by atoms with Gasteiger partial charge >= 0.3 is 17.1 Å². The van der Waals surface area contributed by atoms with E-state index in [2.05, 4.69) is 46.2 Å². The number of unbranched alkanes of at least 4 members (excludes halogenated alkanes) is 5. The van der Waals surface area contributed by atoms with Gasteiger partial charge < -0.3 is 12.7 Å². The molecular formula is C16H38O3Si3. The highest BCUT2D eigenvalue weighted by atomic mass is 28.5. The van der Waals surface area contributed by atoms with Gasteiger partial charge in [-0.1, -0.05) is 51.1 Å². The molecule has 0 N–H and O–H groups in total. The predicted molar refractivity (Wildman–Crippen MR) is 104 cm³/mol. The Kier molecular flexibility index (Phi) is 10.3. The molecule has 3 nitrogen and oxygen atoms in total. The second kappa shape index (κ2) is 10.2. The maximum absolute atomic E-state index is 6.53. The lowest BCUT2D eigenvalue weighted by molar-refractivity contribution is 0.282. The van der Waals surface area contributed by atoms with Crippen LogP contribution in [0.3, 0.4) is 0 Å². The number of hydrogen-bond donors (Lipinski definition) is 0. The minimum atomic E-state index is -2.33. The van der Waals surface area contributed by atoms with Crippen LogP contribution in [0.2, 0.25) is 38.8 Å². The zero-order chi connectivity index (χ0) is 17.3. The third kappa shape index (κ3) is 10.1. The van der Waals surface area contributed by atoms with E-state index in [1.165, 1.54) is 44.6 Å². The highest BCUT2D eigenvalue weighted by Gasteiger charge is 2.41. The van der Waals surface area contributed by atoms with Crippen molar-refractivity contribution in [3.63, 3.8) is 0 Å². The van der Waals surface area contributed by atoms with Crippen LogP contribution in [0, 0.1) is 0 Å². The summed E-state index contributed by atoms with van der Waals surface area (Å²) in [6.45, 7) is 17.1. The van der Waals surface area contributed by atoms with Crippen LogP contribution in [0.1, 0.15) is 45.4 Å². The quantitative estimate of drug-likeness (QED) is 0.309. The normalized spacial score (nSPS) is 15.6. The average molecular weight is 363 g/mol. The van der Waals surface area contributed by atoms with E-state index in [0.717, 1.165) is 0 Å². The molecule has 0 saturated carbocycles. The van der Waals surface area contributed by atoms with Crippen molar-refractivity contribution in [2.75, 3.05) is 7.11 Å². The molecule has 0 aromatic carbocycles. The maximum Gasteiger partial charge on any atom is 0.342 e. The van der Waals surface area contributed by atoms with Gasteiger partial charge in [-0.2, -0.15) is 0 Å². The van der Waals surface area contributed by atoms with E-state index in [0.29, 0.717) is 0 Å². The Labute approximate surface area is 142 Å². The molecule has 0 spiro atoms. The molecule has 0 heterocycles. The Hall–Kier alpha value is 0.271. The zero-order valence-electron chi connectivity index (χ0n) is 16.0. The molecule has 1 unspecified atom stereocenters. The summed E-state index contributed by atoms with van der Waals surface area (Å²) in [4.78, 5) is 0. The van der Waals surface area contributed by atoms with Gasteiger partial charge in [0.15, 0.2) is 8.32 Å². The summed E-state index contributed by atoms with van der Waals surface area (Å²) in [5.41, 5.74) is 1.91. The fourth-order valence-electron chi connectivity index (χ4n) is 2.56. The first-order valence-electron chi connectivity index (χ1n) is 8.69. The van der Waals surface area contributed by atoms with Crippen molar-refractivity contribution in [2.24, 2.45) is 0 Å². The van der Waals surface area contributed by atoms with Crippen LogP contribution in [-0.2, 0) is 12.7 Å². The van der Waals surface area contributed by atoms with Gasteiger partial charge in [-0.3, -0.25) is 0 Å². The van der Waals surface area contributed by atoms with Crippen molar-refractivity contribution in [1.82, 2.24) is 0 Å². The van der Waals surface area contributed by atoms with E-state index < -0.39 is 25.4 Å². The van der Waals surface area contributed by atoms with E-state index in [1.54, 1.807) is 7.11 Å². The van der Waals surface area contributed by atoms with Crippen LogP contribution in [0.5, 0.6) is 0 Å². The Morgan fingerprint density at radius 2 is 1.41 bits per heavy atom. The first kappa shape index (κ1) is 22.3. The summed E-state index contributed by atoms with van der Waals surface area (Å²) in [6.07, 6.45) is 8.00. The molecule has 0 amide bonds. The summed E-state index contributed by atoms with van der Waals surface area (Å²) in [6, 6.07) is 1.20. The van der Waals surface area contributed by atoms with Crippen LogP contribution in [0.25, 0.3) is 0 Å². The molecule has 1 atom stereocenters. The fraction of sp³-hybridized carbons (Fsp3) is 0.875. The molecule has 6 heteroatoms. The zero-order valence-corrected chi connectivity index (χ0v) is 19.0. The smallest absolute Gasteiger partial charge is 0.342 e. The van der Waals surface area contributed by atoms with Crippen LogP contribution < -0.4 is 0 Å². The molecule has 0 rings (SSSR count). The first-order chi connectivity index (χ1) is 10.1. The second-order valence-corrected chi connectivity index (χ2v) is 18.6. The predicted octanol–water partition coefficient (Wildman–Crippen LogP) is 5.73. The summed E-state index contributed by atoms with van der Waals surface area (Å²) in [5.74, 6) is 0. The number of hydrogen-bond acceptors (Lipinski definition) is 3. The molecule has 132 valence electrons. The SMILES string of the molecule is C=C[Si](C)(O[Si](C)(C)CCCCCCCC)O[Si](C)(C)OC. The monoisotopic (exact) mass is 362 g/mol. The highest BCUT2D eigenvalue weighted by molar-refractivity contribution is 6.89. The highest BCUT2D eigenvalue weighted by Crippen LogP contribution is 2.25. The molecule has 0 aliphatic rings. The van der Waals surface area contributed by atoms with Gasteiger partial charge in [-0.15, -0.1) is 6.58 Å². The van der Waals surface area contributed by atoms with Gasteiger partial charge in [0.05, 0.1) is 0 Å². The lowest BCUT2D eigenvalue weighted by Gasteiger charge is -2.38. The molecule has 22 heavy (non-hydrogen) atoms. The summed E-state index contributed by atoms with van der Waals surface area (Å²) in [7, 11) is -4.42. The Morgan fingerprint density at radius 1 is 0.864 bits per heavy atom. The van der Waals surface area contributed by atoms with Crippen molar-refractivity contribution in [1.29, 1.82) is 0 Å². The molecule has 0 fully saturated rings.